The van der Waals surface area contributed by atoms with Gasteiger partial charge in [0, 0.05) is 28.6 Å². The number of carbonyl (C=O) groups is 1. The van der Waals surface area contributed by atoms with Crippen LogP contribution in [0.25, 0.3) is 28.1 Å². The Morgan fingerprint density at radius 1 is 1.07 bits per heavy atom. The van der Waals surface area contributed by atoms with Gasteiger partial charge in [-0.3, -0.25) is 19.7 Å². The van der Waals surface area contributed by atoms with Crippen molar-refractivity contribution in [1.29, 1.82) is 0 Å². The highest BCUT2D eigenvalue weighted by Gasteiger charge is 2.21. The van der Waals surface area contributed by atoms with Crippen molar-refractivity contribution in [2.45, 2.75) is 0 Å². The number of rotatable bonds is 5. The minimum atomic E-state index is -0.570. The van der Waals surface area contributed by atoms with Crippen LogP contribution in [0.15, 0.2) is 82.2 Å². The maximum atomic E-state index is 12.9. The fourth-order valence-electron chi connectivity index (χ4n) is 3.16. The number of allylic oxidation sites excluding steroid dienone is 1. The summed E-state index contributed by atoms with van der Waals surface area (Å²) in [5.41, 5.74) is 0.574. The number of fused-ring (bicyclic) bond motifs is 1. The Balaban J connectivity index is 2.00. The van der Waals surface area contributed by atoms with Crippen molar-refractivity contribution in [3.8, 4) is 11.1 Å². The molecule has 0 saturated carbocycles. The zero-order chi connectivity index (χ0) is 20.4. The first-order valence-electron chi connectivity index (χ1n) is 8.70. The maximum absolute atomic E-state index is 12.9. The summed E-state index contributed by atoms with van der Waals surface area (Å²) in [5, 5.41) is 11.7. The van der Waals surface area contributed by atoms with Crippen molar-refractivity contribution in [1.82, 2.24) is 4.98 Å². The Labute approximate surface area is 164 Å². The van der Waals surface area contributed by atoms with Crippen LogP contribution in [-0.2, 0) is 0 Å². The SMILES string of the molecule is O=C(/C=C\c1ccco1)c1c(-c2ccccc2)c2cc([N+](=O)[O-])ccc2[nH]c1=O. The van der Waals surface area contributed by atoms with Gasteiger partial charge >= 0.3 is 0 Å². The third-order valence-corrected chi connectivity index (χ3v) is 4.46. The van der Waals surface area contributed by atoms with E-state index in [1.54, 1.807) is 42.5 Å². The average molecular weight is 386 g/mol. The summed E-state index contributed by atoms with van der Waals surface area (Å²) in [4.78, 5) is 39.1. The first-order valence-corrected chi connectivity index (χ1v) is 8.70. The molecule has 0 aliphatic rings. The molecule has 29 heavy (non-hydrogen) atoms. The average Bonchev–Trinajstić information content (AvgIpc) is 3.25. The van der Waals surface area contributed by atoms with E-state index in [1.807, 2.05) is 0 Å². The predicted octanol–water partition coefficient (Wildman–Crippen LogP) is 4.59. The largest absolute Gasteiger partial charge is 0.465 e. The number of hydrogen-bond donors (Lipinski definition) is 1. The first kappa shape index (κ1) is 18.1. The molecule has 4 aromatic rings. The van der Waals surface area contributed by atoms with Crippen LogP contribution in [0.3, 0.4) is 0 Å². The number of benzene rings is 2. The highest BCUT2D eigenvalue weighted by Crippen LogP contribution is 2.32. The smallest absolute Gasteiger partial charge is 0.270 e. The normalized spacial score (nSPS) is 11.2. The van der Waals surface area contributed by atoms with Crippen LogP contribution in [0, 0.1) is 10.1 Å². The molecule has 142 valence electrons. The lowest BCUT2D eigenvalue weighted by Crippen LogP contribution is -2.18. The second kappa shape index (κ2) is 7.40. The van der Waals surface area contributed by atoms with Crippen LogP contribution < -0.4 is 5.56 Å². The summed E-state index contributed by atoms with van der Waals surface area (Å²) in [6.45, 7) is 0. The number of nitrogens with one attached hydrogen (secondary N) is 1. The van der Waals surface area contributed by atoms with Crippen molar-refractivity contribution >= 4 is 28.4 Å². The summed E-state index contributed by atoms with van der Waals surface area (Å²) >= 11 is 0. The van der Waals surface area contributed by atoms with Gasteiger partial charge in [0.25, 0.3) is 11.2 Å². The van der Waals surface area contributed by atoms with Crippen LogP contribution >= 0.6 is 0 Å². The Morgan fingerprint density at radius 3 is 2.55 bits per heavy atom. The molecule has 7 heteroatoms. The molecule has 4 rings (SSSR count). The van der Waals surface area contributed by atoms with Crippen molar-refractivity contribution in [2.24, 2.45) is 0 Å². The predicted molar refractivity (Wildman–Crippen MR) is 109 cm³/mol. The molecule has 0 unspecified atom stereocenters. The number of aromatic nitrogens is 1. The maximum Gasteiger partial charge on any atom is 0.270 e. The topological polar surface area (TPSA) is 106 Å². The summed E-state index contributed by atoms with van der Waals surface area (Å²) in [6, 6.07) is 16.3. The molecule has 7 nitrogen and oxygen atoms in total. The van der Waals surface area contributed by atoms with Crippen LogP contribution in [0.1, 0.15) is 16.1 Å². The third kappa shape index (κ3) is 3.49. The number of aromatic amines is 1. The van der Waals surface area contributed by atoms with E-state index in [2.05, 4.69) is 4.98 Å². The number of pyridine rings is 1. The monoisotopic (exact) mass is 386 g/mol. The van der Waals surface area contributed by atoms with Gasteiger partial charge in [0.2, 0.25) is 0 Å². The molecular formula is C22H14N2O5. The van der Waals surface area contributed by atoms with Gasteiger partial charge in [-0.2, -0.15) is 0 Å². The number of ketones is 1. The van der Waals surface area contributed by atoms with Crippen LogP contribution in [0.4, 0.5) is 5.69 Å². The second-order valence-corrected chi connectivity index (χ2v) is 6.27. The fraction of sp³-hybridized carbons (Fsp3) is 0. The zero-order valence-corrected chi connectivity index (χ0v) is 15.0. The number of H-pyrrole nitrogens is 1. The molecule has 2 aromatic carbocycles. The Kier molecular flexibility index (Phi) is 4.62. The molecule has 1 N–H and O–H groups in total. The molecule has 0 saturated heterocycles. The molecule has 0 radical (unpaired) electrons. The number of hydrogen-bond acceptors (Lipinski definition) is 5. The third-order valence-electron chi connectivity index (χ3n) is 4.46. The van der Waals surface area contributed by atoms with E-state index >= 15 is 0 Å². The fourth-order valence-corrected chi connectivity index (χ4v) is 3.16. The van der Waals surface area contributed by atoms with Gasteiger partial charge in [0.15, 0.2) is 5.78 Å². The molecule has 0 fully saturated rings. The van der Waals surface area contributed by atoms with E-state index < -0.39 is 16.3 Å². The number of non-ortho nitro benzene ring substituents is 1. The minimum Gasteiger partial charge on any atom is -0.465 e. The van der Waals surface area contributed by atoms with Crippen LogP contribution in [0.2, 0.25) is 0 Å². The standard InChI is InChI=1S/C22H14N2O5/c25-19(11-9-16-7-4-12-29-16)21-20(14-5-2-1-3-6-14)17-13-15(24(27)28)8-10-18(17)23-22(21)26/h1-13H,(H,23,26)/b11-9-. The highest BCUT2D eigenvalue weighted by molar-refractivity contribution is 6.15. The summed E-state index contributed by atoms with van der Waals surface area (Å²) in [7, 11) is 0. The van der Waals surface area contributed by atoms with Crippen molar-refractivity contribution in [2.75, 3.05) is 0 Å². The van der Waals surface area contributed by atoms with Gasteiger partial charge in [-0.15, -0.1) is 0 Å². The number of carbonyl (C=O) groups excluding carboxylic acids is 1. The van der Waals surface area contributed by atoms with Crippen LogP contribution in [0.5, 0.6) is 0 Å². The van der Waals surface area contributed by atoms with Crippen molar-refractivity contribution < 1.29 is 14.1 Å². The first-order chi connectivity index (χ1) is 14.0. The number of nitrogens with zero attached hydrogens (tertiary/aromatic N) is 1. The molecule has 2 aromatic heterocycles. The zero-order valence-electron chi connectivity index (χ0n) is 15.0. The van der Waals surface area contributed by atoms with Gasteiger partial charge in [-0.25, -0.2) is 0 Å². The van der Waals surface area contributed by atoms with E-state index in [1.165, 1.54) is 36.6 Å². The van der Waals surface area contributed by atoms with Gasteiger partial charge in [-0.05, 0) is 35.9 Å². The van der Waals surface area contributed by atoms with Gasteiger partial charge in [0.1, 0.15) is 5.76 Å². The van der Waals surface area contributed by atoms with Crippen molar-refractivity contribution in [3.63, 3.8) is 0 Å². The van der Waals surface area contributed by atoms with Crippen LogP contribution in [-0.4, -0.2) is 15.7 Å². The van der Waals surface area contributed by atoms with Gasteiger partial charge < -0.3 is 9.40 Å². The number of nitro benzene ring substituents is 1. The van der Waals surface area contributed by atoms with Crippen molar-refractivity contribution in [3.05, 3.63) is 105 Å². The van der Waals surface area contributed by atoms with Gasteiger partial charge in [0.05, 0.1) is 16.7 Å². The Bertz CT molecular complexity index is 1300. The summed E-state index contributed by atoms with van der Waals surface area (Å²) < 4.78 is 5.18. The van der Waals surface area contributed by atoms with E-state index in [0.717, 1.165) is 0 Å². The summed E-state index contributed by atoms with van der Waals surface area (Å²) in [6.07, 6.45) is 4.19. The van der Waals surface area contributed by atoms with E-state index in [0.29, 0.717) is 27.8 Å². The molecule has 0 atom stereocenters. The lowest BCUT2D eigenvalue weighted by Gasteiger charge is -2.11. The number of furan rings is 1. The van der Waals surface area contributed by atoms with Gasteiger partial charge in [-0.1, -0.05) is 30.3 Å². The minimum absolute atomic E-state index is 0.0907. The number of nitro groups is 1. The van der Waals surface area contributed by atoms with E-state index in [-0.39, 0.29) is 11.3 Å². The molecule has 0 spiro atoms. The van der Waals surface area contributed by atoms with E-state index in [9.17, 15) is 19.7 Å². The molecule has 0 bridgehead atoms. The summed E-state index contributed by atoms with van der Waals surface area (Å²) in [5.74, 6) is -0.0672. The van der Waals surface area contributed by atoms with E-state index in [4.69, 9.17) is 4.42 Å². The second-order valence-electron chi connectivity index (χ2n) is 6.27. The lowest BCUT2D eigenvalue weighted by atomic mass is 9.93. The molecule has 0 amide bonds. The Hall–Kier alpha value is -4.26. The molecule has 0 aliphatic carbocycles. The Morgan fingerprint density at radius 2 is 1.86 bits per heavy atom. The lowest BCUT2D eigenvalue weighted by molar-refractivity contribution is -0.384. The molecule has 0 aliphatic heterocycles. The quantitative estimate of drug-likeness (QED) is 0.234. The molecular weight excluding hydrogens is 372 g/mol. The molecule has 2 heterocycles. The highest BCUT2D eigenvalue weighted by atomic mass is 16.6.